The van der Waals surface area contributed by atoms with Crippen LogP contribution in [0.15, 0.2) is 35.5 Å². The Morgan fingerprint density at radius 2 is 2.17 bits per heavy atom. The number of nitrogens with zero attached hydrogens (tertiary/aromatic N) is 1. The van der Waals surface area contributed by atoms with E-state index in [1.165, 1.54) is 0 Å². The predicted octanol–water partition coefficient (Wildman–Crippen LogP) is 2.90. The normalized spacial score (nSPS) is 9.67. The zero-order valence-electron chi connectivity index (χ0n) is 6.24. The highest BCUT2D eigenvalue weighted by atomic mass is 32.1. The molecule has 0 fully saturated rings. The molecule has 1 N–H and O–H groups in total. The van der Waals surface area contributed by atoms with Gasteiger partial charge in [0.1, 0.15) is 0 Å². The van der Waals surface area contributed by atoms with Crippen LogP contribution in [0.4, 0.5) is 5.69 Å². The molecule has 1 heterocycles. The third kappa shape index (κ3) is 1.05. The molecule has 0 spiro atoms. The van der Waals surface area contributed by atoms with Crippen LogP contribution < -0.4 is 0 Å². The Balaban J connectivity index is 2.78. The first-order valence-electron chi connectivity index (χ1n) is 3.56. The first-order valence-corrected chi connectivity index (χ1v) is 3.96. The van der Waals surface area contributed by atoms with Crippen LogP contribution in [0.25, 0.3) is 10.9 Å². The van der Waals surface area contributed by atoms with Gasteiger partial charge in [0.05, 0.1) is 10.8 Å². The fourth-order valence-corrected chi connectivity index (χ4v) is 1.30. The summed E-state index contributed by atoms with van der Waals surface area (Å²) in [6, 6.07) is 7.94. The van der Waals surface area contributed by atoms with Gasteiger partial charge in [-0.1, -0.05) is 18.2 Å². The smallest absolute Gasteiger partial charge is 0.0992 e. The Kier molecular flexibility index (Phi) is 1.74. The zero-order chi connectivity index (χ0) is 8.39. The van der Waals surface area contributed by atoms with Gasteiger partial charge in [-0.3, -0.25) is 0 Å². The van der Waals surface area contributed by atoms with E-state index in [1.54, 1.807) is 0 Å². The van der Waals surface area contributed by atoms with E-state index in [4.69, 9.17) is 0 Å². The number of para-hydroxylation sites is 1. The molecule has 0 atom stereocenters. The molecule has 0 bridgehead atoms. The Bertz CT molecular complexity index is 452. The monoisotopic (exact) mass is 174 g/mol. The highest BCUT2D eigenvalue weighted by Crippen LogP contribution is 2.24. The molecular weight excluding hydrogens is 168 g/mol. The average Bonchev–Trinajstić information content (AvgIpc) is 2.50. The lowest BCUT2D eigenvalue weighted by atomic mass is 10.2. The molecule has 0 aliphatic heterocycles. The maximum atomic E-state index is 4.53. The summed E-state index contributed by atoms with van der Waals surface area (Å²) in [7, 11) is 0. The molecule has 0 aliphatic rings. The fraction of sp³-hybridized carbons (Fsp3) is 0. The first kappa shape index (κ1) is 7.22. The van der Waals surface area contributed by atoms with Crippen molar-refractivity contribution in [1.82, 2.24) is 4.98 Å². The molecule has 0 saturated carbocycles. The van der Waals surface area contributed by atoms with Crippen LogP contribution in [0.5, 0.6) is 0 Å². The van der Waals surface area contributed by atoms with E-state index >= 15 is 0 Å². The van der Waals surface area contributed by atoms with Crippen molar-refractivity contribution in [2.45, 2.75) is 0 Å². The number of aromatic amines is 1. The van der Waals surface area contributed by atoms with Crippen LogP contribution in [0.1, 0.15) is 0 Å². The second-order valence-corrected chi connectivity index (χ2v) is 2.61. The fourth-order valence-electron chi connectivity index (χ4n) is 1.20. The highest BCUT2D eigenvalue weighted by Gasteiger charge is 1.98. The van der Waals surface area contributed by atoms with E-state index in [-0.39, 0.29) is 0 Å². The Morgan fingerprint density at radius 1 is 1.33 bits per heavy atom. The van der Waals surface area contributed by atoms with Crippen LogP contribution in [-0.4, -0.2) is 10.1 Å². The molecule has 0 radical (unpaired) electrons. The van der Waals surface area contributed by atoms with Crippen molar-refractivity contribution in [2.75, 3.05) is 0 Å². The van der Waals surface area contributed by atoms with Crippen LogP contribution >= 0.6 is 12.2 Å². The highest BCUT2D eigenvalue weighted by molar-refractivity contribution is 7.78. The van der Waals surface area contributed by atoms with E-state index < -0.39 is 0 Å². The minimum absolute atomic E-state index is 0.848. The summed E-state index contributed by atoms with van der Waals surface area (Å²) in [5.41, 5.74) is 1.92. The van der Waals surface area contributed by atoms with Crippen LogP contribution in [0.2, 0.25) is 0 Å². The van der Waals surface area contributed by atoms with Gasteiger partial charge in [-0.15, -0.1) is 0 Å². The van der Waals surface area contributed by atoms with Gasteiger partial charge in [-0.05, 0) is 18.3 Å². The van der Waals surface area contributed by atoms with Crippen molar-refractivity contribution in [3.05, 3.63) is 30.5 Å². The number of aliphatic imine (C=N–C) groups is 1. The number of isothiocyanates is 1. The number of benzene rings is 1. The summed E-state index contributed by atoms with van der Waals surface area (Å²) in [5.74, 6) is 0. The Labute approximate surface area is 74.9 Å². The minimum Gasteiger partial charge on any atom is -0.359 e. The molecule has 2 nitrogen and oxygen atoms in total. The predicted molar refractivity (Wildman–Crippen MR) is 53.0 cm³/mol. The number of hydrogen-bond donors (Lipinski definition) is 1. The molecule has 2 rings (SSSR count). The Morgan fingerprint density at radius 3 is 3.00 bits per heavy atom. The average molecular weight is 174 g/mol. The van der Waals surface area contributed by atoms with E-state index in [9.17, 15) is 0 Å². The molecule has 12 heavy (non-hydrogen) atoms. The number of nitrogens with one attached hydrogen (secondary N) is 1. The second kappa shape index (κ2) is 2.89. The molecule has 58 valence electrons. The summed E-state index contributed by atoms with van der Waals surface area (Å²) in [4.78, 5) is 7.02. The third-order valence-electron chi connectivity index (χ3n) is 1.73. The summed E-state index contributed by atoms with van der Waals surface area (Å²) in [6.45, 7) is 0. The van der Waals surface area contributed by atoms with Crippen molar-refractivity contribution in [1.29, 1.82) is 0 Å². The van der Waals surface area contributed by atoms with Crippen molar-refractivity contribution in [3.8, 4) is 0 Å². The van der Waals surface area contributed by atoms with E-state index in [0.29, 0.717) is 0 Å². The molecule has 3 heteroatoms. The van der Waals surface area contributed by atoms with E-state index in [0.717, 1.165) is 16.6 Å². The summed E-state index contributed by atoms with van der Waals surface area (Å²) >= 11 is 4.53. The molecule has 0 unspecified atom stereocenters. The quantitative estimate of drug-likeness (QED) is 0.522. The SMILES string of the molecule is S=C=Nc1c[nH]c2ccccc12. The van der Waals surface area contributed by atoms with Gasteiger partial charge in [0.2, 0.25) is 0 Å². The van der Waals surface area contributed by atoms with Crippen LogP contribution in [0, 0.1) is 0 Å². The van der Waals surface area contributed by atoms with Gasteiger partial charge in [0, 0.05) is 17.1 Å². The van der Waals surface area contributed by atoms with Gasteiger partial charge in [-0.2, -0.15) is 4.99 Å². The first-order chi connectivity index (χ1) is 5.92. The van der Waals surface area contributed by atoms with E-state index in [1.807, 2.05) is 30.5 Å². The molecule has 0 aliphatic carbocycles. The lowest BCUT2D eigenvalue weighted by Gasteiger charge is -1.87. The maximum Gasteiger partial charge on any atom is 0.0992 e. The lowest BCUT2D eigenvalue weighted by Crippen LogP contribution is -1.63. The molecule has 1 aromatic carbocycles. The number of aromatic nitrogens is 1. The summed E-state index contributed by atoms with van der Waals surface area (Å²) in [6.07, 6.45) is 1.82. The van der Waals surface area contributed by atoms with Gasteiger partial charge in [-0.25, -0.2) is 0 Å². The van der Waals surface area contributed by atoms with E-state index in [2.05, 4.69) is 27.4 Å². The third-order valence-corrected chi connectivity index (χ3v) is 1.82. The minimum atomic E-state index is 0.848. The summed E-state index contributed by atoms with van der Waals surface area (Å²) < 4.78 is 0. The number of H-pyrrole nitrogens is 1. The number of fused-ring (bicyclic) bond motifs is 1. The van der Waals surface area contributed by atoms with Crippen LogP contribution in [0.3, 0.4) is 0 Å². The van der Waals surface area contributed by atoms with Crippen molar-refractivity contribution < 1.29 is 0 Å². The molecular formula is C9H6N2S. The standard InChI is InChI=1S/C9H6N2S/c12-6-11-9-5-10-8-4-2-1-3-7(8)9/h1-5,10H. The van der Waals surface area contributed by atoms with Crippen molar-refractivity contribution in [2.24, 2.45) is 4.99 Å². The molecule has 1 aromatic heterocycles. The topological polar surface area (TPSA) is 28.1 Å². The molecule has 0 amide bonds. The Hall–Kier alpha value is -1.44. The van der Waals surface area contributed by atoms with Gasteiger partial charge in [0.15, 0.2) is 0 Å². The number of hydrogen-bond acceptors (Lipinski definition) is 2. The van der Waals surface area contributed by atoms with Crippen molar-refractivity contribution in [3.63, 3.8) is 0 Å². The second-order valence-electron chi connectivity index (χ2n) is 2.42. The largest absolute Gasteiger partial charge is 0.359 e. The summed E-state index contributed by atoms with van der Waals surface area (Å²) in [5, 5.41) is 3.43. The maximum absolute atomic E-state index is 4.53. The van der Waals surface area contributed by atoms with Gasteiger partial charge < -0.3 is 4.98 Å². The van der Waals surface area contributed by atoms with Crippen molar-refractivity contribution >= 4 is 34.0 Å². The van der Waals surface area contributed by atoms with Crippen LogP contribution in [-0.2, 0) is 0 Å². The molecule has 0 saturated heterocycles. The van der Waals surface area contributed by atoms with Gasteiger partial charge >= 0.3 is 0 Å². The molecule has 2 aromatic rings. The number of thiocarbonyl (C=S) groups is 1. The zero-order valence-corrected chi connectivity index (χ0v) is 7.06. The number of rotatable bonds is 1. The lowest BCUT2D eigenvalue weighted by molar-refractivity contribution is 1.46. The van der Waals surface area contributed by atoms with Gasteiger partial charge in [0.25, 0.3) is 0 Å².